The van der Waals surface area contributed by atoms with Crippen LogP contribution in [0, 0.1) is 0 Å². The molecule has 0 aromatic carbocycles. The fourth-order valence-electron chi connectivity index (χ4n) is 2.73. The fraction of sp³-hybridized carbons (Fsp3) is 0.917. The van der Waals surface area contributed by atoms with Crippen LogP contribution in [-0.2, 0) is 4.84 Å². The molecular formula is C12H23N3O. The van der Waals surface area contributed by atoms with Crippen LogP contribution in [0.2, 0.25) is 0 Å². The fourth-order valence-corrected chi connectivity index (χ4v) is 2.73. The van der Waals surface area contributed by atoms with Crippen LogP contribution in [-0.4, -0.2) is 61.9 Å². The van der Waals surface area contributed by atoms with E-state index in [4.69, 9.17) is 4.84 Å². The standard InChI is InChI=1S/C12H23N3O/c1-14-6-8-15(9-7-14)12-5-3-4-11(10-12)13-16-2/h12H,3-10H2,1-2H3. The first-order valence-corrected chi connectivity index (χ1v) is 6.31. The van der Waals surface area contributed by atoms with Gasteiger partial charge in [0.05, 0.1) is 5.71 Å². The molecule has 16 heavy (non-hydrogen) atoms. The maximum absolute atomic E-state index is 4.90. The number of hydrogen-bond acceptors (Lipinski definition) is 4. The summed E-state index contributed by atoms with van der Waals surface area (Å²) in [5.41, 5.74) is 1.25. The van der Waals surface area contributed by atoms with Gasteiger partial charge in [0.25, 0.3) is 0 Å². The maximum Gasteiger partial charge on any atom is 0.106 e. The van der Waals surface area contributed by atoms with Crippen molar-refractivity contribution >= 4 is 5.71 Å². The first-order chi connectivity index (χ1) is 7.79. The molecule has 0 radical (unpaired) electrons. The van der Waals surface area contributed by atoms with Crippen LogP contribution >= 0.6 is 0 Å². The van der Waals surface area contributed by atoms with Crippen molar-refractivity contribution in [1.29, 1.82) is 0 Å². The molecule has 0 bridgehead atoms. The topological polar surface area (TPSA) is 28.1 Å². The smallest absolute Gasteiger partial charge is 0.106 e. The highest BCUT2D eigenvalue weighted by Crippen LogP contribution is 2.22. The predicted molar refractivity (Wildman–Crippen MR) is 65.8 cm³/mol. The van der Waals surface area contributed by atoms with Gasteiger partial charge in [-0.3, -0.25) is 4.90 Å². The summed E-state index contributed by atoms with van der Waals surface area (Å²) in [6.07, 6.45) is 4.82. The van der Waals surface area contributed by atoms with E-state index in [1.54, 1.807) is 7.11 Å². The van der Waals surface area contributed by atoms with E-state index in [1.165, 1.54) is 44.7 Å². The van der Waals surface area contributed by atoms with Crippen LogP contribution in [0.1, 0.15) is 25.7 Å². The quantitative estimate of drug-likeness (QED) is 0.661. The van der Waals surface area contributed by atoms with Crippen molar-refractivity contribution in [3.05, 3.63) is 0 Å². The summed E-state index contributed by atoms with van der Waals surface area (Å²) in [4.78, 5) is 9.93. The molecule has 2 aliphatic rings. The van der Waals surface area contributed by atoms with E-state index in [0.29, 0.717) is 6.04 Å². The molecule has 0 aromatic rings. The number of rotatable bonds is 2. The van der Waals surface area contributed by atoms with Gasteiger partial charge in [0, 0.05) is 38.6 Å². The van der Waals surface area contributed by atoms with Crippen molar-refractivity contribution in [3.63, 3.8) is 0 Å². The van der Waals surface area contributed by atoms with Crippen molar-refractivity contribution in [2.24, 2.45) is 5.16 Å². The average Bonchev–Trinajstić information content (AvgIpc) is 2.31. The van der Waals surface area contributed by atoms with Crippen LogP contribution in [0.4, 0.5) is 0 Å². The molecule has 1 atom stereocenters. The third-order valence-electron chi connectivity index (χ3n) is 3.75. The Hall–Kier alpha value is -0.610. The van der Waals surface area contributed by atoms with Gasteiger partial charge in [-0.2, -0.15) is 0 Å². The zero-order valence-corrected chi connectivity index (χ0v) is 10.5. The normalized spacial score (nSPS) is 31.9. The molecule has 1 aliphatic carbocycles. The van der Waals surface area contributed by atoms with Crippen LogP contribution in [0.25, 0.3) is 0 Å². The molecule has 1 saturated heterocycles. The second-order valence-corrected chi connectivity index (χ2v) is 4.93. The minimum absolute atomic E-state index is 0.705. The van der Waals surface area contributed by atoms with E-state index in [1.807, 2.05) is 0 Å². The Morgan fingerprint density at radius 1 is 1.25 bits per heavy atom. The highest BCUT2D eigenvalue weighted by atomic mass is 16.6. The Bertz CT molecular complexity index is 247. The van der Waals surface area contributed by atoms with E-state index >= 15 is 0 Å². The van der Waals surface area contributed by atoms with E-state index in [9.17, 15) is 0 Å². The summed E-state index contributed by atoms with van der Waals surface area (Å²) in [6, 6.07) is 0.705. The second-order valence-electron chi connectivity index (χ2n) is 4.93. The largest absolute Gasteiger partial charge is 0.399 e. The molecular weight excluding hydrogens is 202 g/mol. The van der Waals surface area contributed by atoms with E-state index in [-0.39, 0.29) is 0 Å². The minimum atomic E-state index is 0.705. The van der Waals surface area contributed by atoms with Gasteiger partial charge < -0.3 is 9.74 Å². The lowest BCUT2D eigenvalue weighted by Crippen LogP contribution is -2.50. The summed E-state index contributed by atoms with van der Waals surface area (Å²) in [5.74, 6) is 0. The molecule has 1 aliphatic heterocycles. The lowest BCUT2D eigenvalue weighted by atomic mass is 9.92. The summed E-state index contributed by atoms with van der Waals surface area (Å²) >= 11 is 0. The van der Waals surface area contributed by atoms with Crippen LogP contribution in [0.5, 0.6) is 0 Å². The third-order valence-corrected chi connectivity index (χ3v) is 3.75. The van der Waals surface area contributed by atoms with E-state index < -0.39 is 0 Å². The summed E-state index contributed by atoms with van der Waals surface area (Å²) in [7, 11) is 3.85. The number of piperazine rings is 1. The Balaban J connectivity index is 1.87. The van der Waals surface area contributed by atoms with Crippen molar-refractivity contribution in [2.75, 3.05) is 40.3 Å². The molecule has 2 rings (SSSR count). The first kappa shape index (κ1) is 11.9. The molecule has 0 spiro atoms. The van der Waals surface area contributed by atoms with Crippen LogP contribution in [0.15, 0.2) is 5.16 Å². The minimum Gasteiger partial charge on any atom is -0.399 e. The molecule has 1 heterocycles. The van der Waals surface area contributed by atoms with Crippen molar-refractivity contribution in [2.45, 2.75) is 31.7 Å². The Labute approximate surface area is 98.2 Å². The van der Waals surface area contributed by atoms with Gasteiger partial charge in [0.15, 0.2) is 0 Å². The Kier molecular flexibility index (Phi) is 4.18. The third kappa shape index (κ3) is 2.95. The van der Waals surface area contributed by atoms with Gasteiger partial charge in [-0.15, -0.1) is 0 Å². The Morgan fingerprint density at radius 3 is 2.69 bits per heavy atom. The van der Waals surface area contributed by atoms with Gasteiger partial charge in [0.2, 0.25) is 0 Å². The lowest BCUT2D eigenvalue weighted by Gasteiger charge is -2.39. The average molecular weight is 225 g/mol. The number of oxime groups is 1. The van der Waals surface area contributed by atoms with Gasteiger partial charge in [-0.05, 0) is 26.3 Å². The molecule has 0 aromatic heterocycles. The lowest BCUT2D eigenvalue weighted by molar-refractivity contribution is 0.104. The molecule has 4 heteroatoms. The summed E-state index contributed by atoms with van der Waals surface area (Å²) in [6.45, 7) is 4.82. The van der Waals surface area contributed by atoms with Crippen LogP contribution < -0.4 is 0 Å². The first-order valence-electron chi connectivity index (χ1n) is 6.31. The van der Waals surface area contributed by atoms with Gasteiger partial charge in [-0.25, -0.2) is 0 Å². The van der Waals surface area contributed by atoms with E-state index in [2.05, 4.69) is 22.0 Å². The Morgan fingerprint density at radius 2 is 2.00 bits per heavy atom. The molecule has 1 unspecified atom stereocenters. The van der Waals surface area contributed by atoms with Crippen molar-refractivity contribution < 1.29 is 4.84 Å². The molecule has 0 amide bonds. The second kappa shape index (κ2) is 5.64. The summed E-state index contributed by atoms with van der Waals surface area (Å²) < 4.78 is 0. The van der Waals surface area contributed by atoms with Gasteiger partial charge in [0.1, 0.15) is 7.11 Å². The highest BCUT2D eigenvalue weighted by molar-refractivity contribution is 5.85. The van der Waals surface area contributed by atoms with Crippen molar-refractivity contribution in [3.8, 4) is 0 Å². The molecule has 0 N–H and O–H groups in total. The van der Waals surface area contributed by atoms with E-state index in [0.717, 1.165) is 12.8 Å². The molecule has 1 saturated carbocycles. The monoisotopic (exact) mass is 225 g/mol. The number of hydrogen-bond donors (Lipinski definition) is 0. The van der Waals surface area contributed by atoms with Crippen molar-refractivity contribution in [1.82, 2.24) is 9.80 Å². The SMILES string of the molecule is CON=C1CCCC(N2CCN(C)CC2)C1. The zero-order valence-electron chi connectivity index (χ0n) is 10.5. The number of likely N-dealkylation sites (N-methyl/N-ethyl adjacent to an activating group) is 1. The van der Waals surface area contributed by atoms with Crippen LogP contribution in [0.3, 0.4) is 0 Å². The summed E-state index contributed by atoms with van der Waals surface area (Å²) in [5, 5.41) is 4.12. The highest BCUT2D eigenvalue weighted by Gasteiger charge is 2.26. The molecule has 2 fully saturated rings. The van der Waals surface area contributed by atoms with Gasteiger partial charge in [-0.1, -0.05) is 5.16 Å². The maximum atomic E-state index is 4.90. The predicted octanol–water partition coefficient (Wildman–Crippen LogP) is 1.18. The zero-order chi connectivity index (χ0) is 11.4. The molecule has 92 valence electrons. The van der Waals surface area contributed by atoms with Gasteiger partial charge >= 0.3 is 0 Å². The molecule has 4 nitrogen and oxygen atoms in total. The number of nitrogens with zero attached hydrogens (tertiary/aromatic N) is 3.